The Balaban J connectivity index is 1.52. The van der Waals surface area contributed by atoms with Gasteiger partial charge in [-0.25, -0.2) is 13.2 Å². The van der Waals surface area contributed by atoms with Crippen LogP contribution >= 0.6 is 11.3 Å². The first-order valence-electron chi connectivity index (χ1n) is 7.45. The fourth-order valence-electron chi connectivity index (χ4n) is 2.86. The Hall–Kier alpha value is -2.10. The highest BCUT2D eigenvalue weighted by molar-refractivity contribution is 7.91. The number of H-pyrrole nitrogens is 1. The summed E-state index contributed by atoms with van der Waals surface area (Å²) >= 11 is 1.24. The smallest absolute Gasteiger partial charge is 0.408 e. The van der Waals surface area contributed by atoms with Crippen molar-refractivity contribution in [2.24, 2.45) is 0 Å². The van der Waals surface area contributed by atoms with Gasteiger partial charge in [0.1, 0.15) is 4.21 Å². The first-order chi connectivity index (χ1) is 11.5. The average Bonchev–Trinajstić information content (AvgIpc) is 3.23. The minimum atomic E-state index is -3.39. The lowest BCUT2D eigenvalue weighted by Gasteiger charge is -2.35. The number of hydrogen-bond donors (Lipinski definition) is 1. The maximum Gasteiger partial charge on any atom is 0.417 e. The van der Waals surface area contributed by atoms with Crippen LogP contribution in [0.3, 0.4) is 0 Å². The molecule has 0 saturated carbocycles. The van der Waals surface area contributed by atoms with E-state index in [1.807, 2.05) is 12.1 Å². The van der Waals surface area contributed by atoms with Crippen molar-refractivity contribution in [1.82, 2.24) is 9.29 Å². The summed E-state index contributed by atoms with van der Waals surface area (Å²) < 4.78 is 32.0. The molecular formula is C15H15N3O4S2. The summed E-state index contributed by atoms with van der Waals surface area (Å²) in [5, 5.41) is 1.77. The van der Waals surface area contributed by atoms with Crippen molar-refractivity contribution in [3.63, 3.8) is 0 Å². The van der Waals surface area contributed by atoms with E-state index >= 15 is 0 Å². The molecular weight excluding hydrogens is 350 g/mol. The van der Waals surface area contributed by atoms with E-state index in [4.69, 9.17) is 4.42 Å². The van der Waals surface area contributed by atoms with Gasteiger partial charge in [0.2, 0.25) is 0 Å². The first-order valence-corrected chi connectivity index (χ1v) is 9.77. The molecule has 0 amide bonds. The predicted molar refractivity (Wildman–Crippen MR) is 92.1 cm³/mol. The SMILES string of the molecule is O=c1[nH]c2cc(N3CCN(S(=O)(=O)c4cccs4)CC3)ccc2o1. The second-order valence-electron chi connectivity index (χ2n) is 5.52. The molecule has 0 spiro atoms. The van der Waals surface area contributed by atoms with Crippen molar-refractivity contribution < 1.29 is 12.8 Å². The number of oxazole rings is 1. The standard InChI is InChI=1S/C15H15N3O4S2/c19-15-16-12-10-11(3-4-13(12)22-15)17-5-7-18(8-6-17)24(20,21)14-2-1-9-23-14/h1-4,9-10H,5-8H2,(H,16,19). The summed E-state index contributed by atoms with van der Waals surface area (Å²) in [4.78, 5) is 16.0. The fraction of sp³-hybridized carbons (Fsp3) is 0.267. The van der Waals surface area contributed by atoms with Gasteiger partial charge < -0.3 is 9.32 Å². The number of sulfonamides is 1. The van der Waals surface area contributed by atoms with Crippen molar-refractivity contribution in [2.75, 3.05) is 31.1 Å². The molecule has 1 aromatic carbocycles. The third-order valence-corrected chi connectivity index (χ3v) is 7.37. The van der Waals surface area contributed by atoms with Crippen LogP contribution in [0.4, 0.5) is 5.69 Å². The van der Waals surface area contributed by atoms with E-state index < -0.39 is 15.8 Å². The maximum absolute atomic E-state index is 12.5. The molecule has 1 aliphatic rings. The van der Waals surface area contributed by atoms with Crippen molar-refractivity contribution in [2.45, 2.75) is 4.21 Å². The van der Waals surface area contributed by atoms with Gasteiger partial charge >= 0.3 is 5.76 Å². The van der Waals surface area contributed by atoms with Gasteiger partial charge in [0.15, 0.2) is 5.58 Å². The van der Waals surface area contributed by atoms with Crippen LogP contribution in [0.2, 0.25) is 0 Å². The molecule has 0 radical (unpaired) electrons. The second kappa shape index (κ2) is 5.76. The number of aromatic nitrogens is 1. The number of anilines is 1. The molecule has 4 rings (SSSR count). The maximum atomic E-state index is 12.5. The molecule has 3 heterocycles. The number of piperazine rings is 1. The van der Waals surface area contributed by atoms with Gasteiger partial charge in [0, 0.05) is 31.9 Å². The number of hydrogen-bond acceptors (Lipinski definition) is 6. The largest absolute Gasteiger partial charge is 0.417 e. The van der Waals surface area contributed by atoms with Crippen LogP contribution in [-0.4, -0.2) is 43.9 Å². The van der Waals surface area contributed by atoms with Crippen LogP contribution < -0.4 is 10.7 Å². The molecule has 1 fully saturated rings. The monoisotopic (exact) mass is 365 g/mol. The molecule has 1 N–H and O–H groups in total. The number of aromatic amines is 1. The van der Waals surface area contributed by atoms with Gasteiger partial charge in [-0.2, -0.15) is 4.31 Å². The summed E-state index contributed by atoms with van der Waals surface area (Å²) in [5.74, 6) is -0.478. The van der Waals surface area contributed by atoms with E-state index in [9.17, 15) is 13.2 Å². The average molecular weight is 365 g/mol. The van der Waals surface area contributed by atoms with Crippen LogP contribution in [0, 0.1) is 0 Å². The Morgan fingerprint density at radius 3 is 2.62 bits per heavy atom. The zero-order chi connectivity index (χ0) is 16.7. The van der Waals surface area contributed by atoms with Gasteiger partial charge in [-0.15, -0.1) is 11.3 Å². The molecule has 7 nitrogen and oxygen atoms in total. The number of rotatable bonds is 3. The first kappa shape index (κ1) is 15.4. The molecule has 24 heavy (non-hydrogen) atoms. The van der Waals surface area contributed by atoms with Gasteiger partial charge in [0.25, 0.3) is 10.0 Å². The van der Waals surface area contributed by atoms with E-state index in [0.717, 1.165) is 5.69 Å². The molecule has 9 heteroatoms. The Bertz CT molecular complexity index is 1010. The van der Waals surface area contributed by atoms with Crippen LogP contribution in [0.1, 0.15) is 0 Å². The molecule has 1 aliphatic heterocycles. The van der Waals surface area contributed by atoms with Crippen molar-refractivity contribution in [3.8, 4) is 0 Å². The highest BCUT2D eigenvalue weighted by Crippen LogP contribution is 2.25. The number of benzene rings is 1. The number of thiophene rings is 1. The molecule has 0 bridgehead atoms. The normalized spacial score (nSPS) is 16.8. The Morgan fingerprint density at radius 2 is 1.92 bits per heavy atom. The van der Waals surface area contributed by atoms with Gasteiger partial charge in [-0.1, -0.05) is 6.07 Å². The van der Waals surface area contributed by atoms with Crippen molar-refractivity contribution in [1.29, 1.82) is 0 Å². The summed E-state index contributed by atoms with van der Waals surface area (Å²) in [6, 6.07) is 8.85. The van der Waals surface area contributed by atoms with Crippen LogP contribution in [0.15, 0.2) is 49.1 Å². The summed E-state index contributed by atoms with van der Waals surface area (Å²) in [6.07, 6.45) is 0. The molecule has 0 atom stereocenters. The topological polar surface area (TPSA) is 86.6 Å². The van der Waals surface area contributed by atoms with Crippen molar-refractivity contribution >= 4 is 38.1 Å². The molecule has 3 aromatic rings. The number of nitrogens with one attached hydrogen (secondary N) is 1. The van der Waals surface area contributed by atoms with E-state index in [0.29, 0.717) is 41.5 Å². The second-order valence-corrected chi connectivity index (χ2v) is 8.63. The Labute approximate surface area is 142 Å². The quantitative estimate of drug-likeness (QED) is 0.763. The van der Waals surface area contributed by atoms with Gasteiger partial charge in [0.05, 0.1) is 5.52 Å². The highest BCUT2D eigenvalue weighted by atomic mass is 32.2. The van der Waals surface area contributed by atoms with Gasteiger partial charge in [-0.05, 0) is 29.6 Å². The minimum absolute atomic E-state index is 0.383. The fourth-order valence-corrected chi connectivity index (χ4v) is 5.43. The summed E-state index contributed by atoms with van der Waals surface area (Å²) in [5.41, 5.74) is 2.10. The van der Waals surface area contributed by atoms with Crippen molar-refractivity contribution in [3.05, 3.63) is 46.3 Å². The lowest BCUT2D eigenvalue weighted by atomic mass is 10.2. The lowest BCUT2D eigenvalue weighted by Crippen LogP contribution is -2.48. The van der Waals surface area contributed by atoms with E-state index in [2.05, 4.69) is 9.88 Å². The van der Waals surface area contributed by atoms with Crippen LogP contribution in [0.25, 0.3) is 11.1 Å². The molecule has 0 unspecified atom stereocenters. The summed E-state index contributed by atoms with van der Waals surface area (Å²) in [7, 11) is -3.39. The highest BCUT2D eigenvalue weighted by Gasteiger charge is 2.29. The van der Waals surface area contributed by atoms with E-state index in [1.54, 1.807) is 23.6 Å². The molecule has 126 valence electrons. The van der Waals surface area contributed by atoms with Crippen LogP contribution in [-0.2, 0) is 10.0 Å². The Morgan fingerprint density at radius 1 is 1.12 bits per heavy atom. The third-order valence-electron chi connectivity index (χ3n) is 4.10. The molecule has 0 aliphatic carbocycles. The number of nitrogens with zero attached hydrogens (tertiary/aromatic N) is 2. The van der Waals surface area contributed by atoms with E-state index in [-0.39, 0.29) is 0 Å². The molecule has 2 aromatic heterocycles. The minimum Gasteiger partial charge on any atom is -0.408 e. The predicted octanol–water partition coefficient (Wildman–Crippen LogP) is 1.69. The lowest BCUT2D eigenvalue weighted by molar-refractivity contribution is 0.386. The number of fused-ring (bicyclic) bond motifs is 1. The summed E-state index contributed by atoms with van der Waals surface area (Å²) in [6.45, 7) is 2.05. The zero-order valence-electron chi connectivity index (χ0n) is 12.6. The Kier molecular flexibility index (Phi) is 3.70. The molecule has 1 saturated heterocycles. The zero-order valence-corrected chi connectivity index (χ0v) is 14.3. The third kappa shape index (κ3) is 2.64. The van der Waals surface area contributed by atoms with E-state index in [1.165, 1.54) is 15.6 Å². The van der Waals surface area contributed by atoms with Crippen LogP contribution in [0.5, 0.6) is 0 Å². The van der Waals surface area contributed by atoms with Gasteiger partial charge in [-0.3, -0.25) is 4.98 Å².